The van der Waals surface area contributed by atoms with Crippen LogP contribution in [0.1, 0.15) is 13.3 Å². The van der Waals surface area contributed by atoms with Crippen molar-refractivity contribution in [2.75, 3.05) is 32.7 Å². The van der Waals surface area contributed by atoms with E-state index in [-0.39, 0.29) is 32.0 Å². The molecule has 0 spiro atoms. The van der Waals surface area contributed by atoms with Crippen LogP contribution in [-0.2, 0) is 4.79 Å². The van der Waals surface area contributed by atoms with E-state index in [0.717, 1.165) is 4.90 Å². The molecule has 0 heterocycles. The molecule has 96 valence electrons. The van der Waals surface area contributed by atoms with E-state index in [9.17, 15) is 18.0 Å². The summed E-state index contributed by atoms with van der Waals surface area (Å²) in [5.74, 6) is -0.244. The number of nitrogens with one attached hydrogen (secondary N) is 1. The molecular formula is C9H18F3N3O. The molecule has 0 rings (SSSR count). The zero-order valence-electron chi connectivity index (χ0n) is 9.31. The Balaban J connectivity index is 3.98. The van der Waals surface area contributed by atoms with Crippen molar-refractivity contribution in [1.82, 2.24) is 10.2 Å². The lowest BCUT2D eigenvalue weighted by Gasteiger charge is -2.22. The van der Waals surface area contributed by atoms with E-state index in [0.29, 0.717) is 6.54 Å². The van der Waals surface area contributed by atoms with Gasteiger partial charge in [-0.25, -0.2) is 0 Å². The third-order valence-electron chi connectivity index (χ3n) is 1.88. The SMILES string of the molecule is CCNC(=O)CCN(CCN)CC(F)(F)F. The Labute approximate surface area is 93.0 Å². The Morgan fingerprint density at radius 1 is 1.38 bits per heavy atom. The number of hydrogen-bond acceptors (Lipinski definition) is 3. The minimum absolute atomic E-state index is 0.0594. The highest BCUT2D eigenvalue weighted by atomic mass is 19.4. The average molecular weight is 241 g/mol. The predicted octanol–water partition coefficient (Wildman–Crippen LogP) is 0.336. The lowest BCUT2D eigenvalue weighted by atomic mass is 10.3. The summed E-state index contributed by atoms with van der Waals surface area (Å²) in [4.78, 5) is 12.2. The third-order valence-corrected chi connectivity index (χ3v) is 1.88. The first-order chi connectivity index (χ1) is 7.39. The quantitative estimate of drug-likeness (QED) is 0.675. The van der Waals surface area contributed by atoms with Crippen molar-refractivity contribution in [2.24, 2.45) is 5.73 Å². The number of halogens is 3. The second-order valence-electron chi connectivity index (χ2n) is 3.38. The normalized spacial score (nSPS) is 11.9. The lowest BCUT2D eigenvalue weighted by molar-refractivity contribution is -0.146. The van der Waals surface area contributed by atoms with Gasteiger partial charge in [-0.2, -0.15) is 13.2 Å². The lowest BCUT2D eigenvalue weighted by Crippen LogP contribution is -2.39. The zero-order chi connectivity index (χ0) is 12.6. The molecule has 0 saturated carbocycles. The van der Waals surface area contributed by atoms with Gasteiger partial charge in [-0.3, -0.25) is 9.69 Å². The molecule has 16 heavy (non-hydrogen) atoms. The average Bonchev–Trinajstić information content (AvgIpc) is 2.13. The van der Waals surface area contributed by atoms with Crippen LogP contribution in [0.4, 0.5) is 13.2 Å². The molecule has 0 radical (unpaired) electrons. The minimum atomic E-state index is -4.25. The van der Waals surface area contributed by atoms with Crippen molar-refractivity contribution in [3.8, 4) is 0 Å². The van der Waals surface area contributed by atoms with Crippen molar-refractivity contribution < 1.29 is 18.0 Å². The largest absolute Gasteiger partial charge is 0.401 e. The summed E-state index contributed by atoms with van der Waals surface area (Å²) in [6, 6.07) is 0. The molecule has 0 bridgehead atoms. The molecule has 3 N–H and O–H groups in total. The highest BCUT2D eigenvalue weighted by Crippen LogP contribution is 2.16. The summed E-state index contributed by atoms with van der Waals surface area (Å²) < 4.78 is 36.4. The number of amides is 1. The van der Waals surface area contributed by atoms with E-state index in [2.05, 4.69) is 5.32 Å². The monoisotopic (exact) mass is 241 g/mol. The van der Waals surface area contributed by atoms with Gasteiger partial charge in [0.25, 0.3) is 0 Å². The maximum atomic E-state index is 12.1. The first kappa shape index (κ1) is 15.2. The Hall–Kier alpha value is -0.820. The summed E-state index contributed by atoms with van der Waals surface area (Å²) in [6.07, 6.45) is -4.19. The molecule has 0 aliphatic rings. The number of nitrogens with zero attached hydrogens (tertiary/aromatic N) is 1. The molecule has 0 aliphatic heterocycles. The maximum Gasteiger partial charge on any atom is 0.401 e. The molecule has 0 aliphatic carbocycles. The Morgan fingerprint density at radius 3 is 2.44 bits per heavy atom. The predicted molar refractivity (Wildman–Crippen MR) is 54.9 cm³/mol. The summed E-state index contributed by atoms with van der Waals surface area (Å²) in [7, 11) is 0. The van der Waals surface area contributed by atoms with Crippen LogP contribution in [0.25, 0.3) is 0 Å². The number of carbonyl (C=O) groups excluding carboxylic acids is 1. The van der Waals surface area contributed by atoms with E-state index < -0.39 is 12.7 Å². The van der Waals surface area contributed by atoms with Crippen LogP contribution in [-0.4, -0.2) is 49.7 Å². The number of rotatable bonds is 7. The smallest absolute Gasteiger partial charge is 0.356 e. The van der Waals surface area contributed by atoms with Crippen LogP contribution in [0.2, 0.25) is 0 Å². The van der Waals surface area contributed by atoms with Gasteiger partial charge >= 0.3 is 6.18 Å². The van der Waals surface area contributed by atoms with Crippen molar-refractivity contribution in [2.45, 2.75) is 19.5 Å². The third kappa shape index (κ3) is 8.49. The number of nitrogens with two attached hydrogens (primary N) is 1. The number of hydrogen-bond donors (Lipinski definition) is 2. The van der Waals surface area contributed by atoms with Crippen LogP contribution in [0, 0.1) is 0 Å². The van der Waals surface area contributed by atoms with Gasteiger partial charge in [0, 0.05) is 32.6 Å². The first-order valence-corrected chi connectivity index (χ1v) is 5.15. The van der Waals surface area contributed by atoms with Crippen LogP contribution in [0.3, 0.4) is 0 Å². The molecule has 0 atom stereocenters. The van der Waals surface area contributed by atoms with Crippen LogP contribution < -0.4 is 11.1 Å². The van der Waals surface area contributed by atoms with Crippen molar-refractivity contribution in [3.05, 3.63) is 0 Å². The summed E-state index contributed by atoms with van der Waals surface area (Å²) in [6.45, 7) is 1.57. The summed E-state index contributed by atoms with van der Waals surface area (Å²) in [5.41, 5.74) is 5.20. The van der Waals surface area contributed by atoms with Gasteiger partial charge in [0.15, 0.2) is 0 Å². The summed E-state index contributed by atoms with van der Waals surface area (Å²) in [5, 5.41) is 2.53. The minimum Gasteiger partial charge on any atom is -0.356 e. The Kier molecular flexibility index (Phi) is 7.07. The fourth-order valence-electron chi connectivity index (χ4n) is 1.25. The van der Waals surface area contributed by atoms with Crippen LogP contribution in [0.5, 0.6) is 0 Å². The highest BCUT2D eigenvalue weighted by molar-refractivity contribution is 5.75. The van der Waals surface area contributed by atoms with E-state index in [4.69, 9.17) is 5.73 Å². The zero-order valence-corrected chi connectivity index (χ0v) is 9.31. The molecule has 0 aromatic heterocycles. The van der Waals surface area contributed by atoms with Gasteiger partial charge in [-0.1, -0.05) is 0 Å². The van der Waals surface area contributed by atoms with Crippen molar-refractivity contribution >= 4 is 5.91 Å². The number of carbonyl (C=O) groups is 1. The van der Waals surface area contributed by atoms with E-state index >= 15 is 0 Å². The molecule has 0 aromatic carbocycles. The van der Waals surface area contributed by atoms with E-state index in [1.165, 1.54) is 0 Å². The number of alkyl halides is 3. The van der Waals surface area contributed by atoms with Gasteiger partial charge in [-0.15, -0.1) is 0 Å². The first-order valence-electron chi connectivity index (χ1n) is 5.15. The second kappa shape index (κ2) is 7.45. The van der Waals surface area contributed by atoms with E-state index in [1.54, 1.807) is 6.92 Å². The molecule has 4 nitrogen and oxygen atoms in total. The van der Waals surface area contributed by atoms with Crippen molar-refractivity contribution in [3.63, 3.8) is 0 Å². The maximum absolute atomic E-state index is 12.1. The molecule has 1 amide bonds. The standard InChI is InChI=1S/C9H18F3N3O/c1-2-14-8(16)3-5-15(6-4-13)7-9(10,11)12/h2-7,13H2,1H3,(H,14,16). The van der Waals surface area contributed by atoms with Gasteiger partial charge in [0.2, 0.25) is 5.91 Å². The Bertz CT molecular complexity index is 209. The molecule has 0 unspecified atom stereocenters. The van der Waals surface area contributed by atoms with Gasteiger partial charge in [0.1, 0.15) is 0 Å². The molecule has 0 fully saturated rings. The van der Waals surface area contributed by atoms with Gasteiger partial charge in [-0.05, 0) is 6.92 Å². The fourth-order valence-corrected chi connectivity index (χ4v) is 1.25. The molecule has 0 saturated heterocycles. The van der Waals surface area contributed by atoms with Crippen molar-refractivity contribution in [1.29, 1.82) is 0 Å². The molecular weight excluding hydrogens is 223 g/mol. The topological polar surface area (TPSA) is 58.4 Å². The second-order valence-corrected chi connectivity index (χ2v) is 3.38. The van der Waals surface area contributed by atoms with Crippen LogP contribution >= 0.6 is 0 Å². The fraction of sp³-hybridized carbons (Fsp3) is 0.889. The van der Waals surface area contributed by atoms with E-state index in [1.807, 2.05) is 0 Å². The van der Waals surface area contributed by atoms with Gasteiger partial charge in [0.05, 0.1) is 6.54 Å². The molecule has 0 aromatic rings. The van der Waals surface area contributed by atoms with Gasteiger partial charge < -0.3 is 11.1 Å². The summed E-state index contributed by atoms with van der Waals surface area (Å²) >= 11 is 0. The van der Waals surface area contributed by atoms with Crippen LogP contribution in [0.15, 0.2) is 0 Å². The molecule has 7 heteroatoms. The Morgan fingerprint density at radius 2 is 2.00 bits per heavy atom. The highest BCUT2D eigenvalue weighted by Gasteiger charge is 2.30.